The molecule has 0 aliphatic heterocycles. The number of aromatic amines is 1. The molecule has 0 bridgehead atoms. The van der Waals surface area contributed by atoms with Gasteiger partial charge in [0, 0.05) is 17.1 Å². The average Bonchev–Trinajstić information content (AvgIpc) is 3.15. The van der Waals surface area contributed by atoms with Crippen molar-refractivity contribution in [1.29, 1.82) is 5.26 Å². The van der Waals surface area contributed by atoms with Crippen molar-refractivity contribution in [2.75, 3.05) is 0 Å². The van der Waals surface area contributed by atoms with Crippen molar-refractivity contribution >= 4 is 11.3 Å². The monoisotopic (exact) mass is 321 g/mol. The van der Waals surface area contributed by atoms with Crippen LogP contribution < -0.4 is 0 Å². The van der Waals surface area contributed by atoms with E-state index in [9.17, 15) is 13.2 Å². The molecular weight excluding hydrogens is 315 g/mol. The summed E-state index contributed by atoms with van der Waals surface area (Å²) in [6, 6.07) is 5.91. The number of thiophene rings is 1. The third-order valence-electron chi connectivity index (χ3n) is 2.87. The van der Waals surface area contributed by atoms with Crippen LogP contribution in [-0.4, -0.2) is 20.4 Å². The van der Waals surface area contributed by atoms with Crippen LogP contribution in [0.25, 0.3) is 21.8 Å². The van der Waals surface area contributed by atoms with Crippen LogP contribution in [0.3, 0.4) is 0 Å². The molecule has 0 spiro atoms. The maximum absolute atomic E-state index is 12.5. The summed E-state index contributed by atoms with van der Waals surface area (Å²) < 4.78 is 37.5. The fourth-order valence-electron chi connectivity index (χ4n) is 1.81. The summed E-state index contributed by atoms with van der Waals surface area (Å²) in [5.74, 6) is 0. The summed E-state index contributed by atoms with van der Waals surface area (Å²) in [4.78, 5) is 4.51. The molecule has 3 aromatic heterocycles. The van der Waals surface area contributed by atoms with E-state index in [1.807, 2.05) is 6.07 Å². The van der Waals surface area contributed by atoms with Gasteiger partial charge in [-0.3, -0.25) is 4.98 Å². The van der Waals surface area contributed by atoms with Crippen LogP contribution in [0, 0.1) is 11.3 Å². The van der Waals surface area contributed by atoms with Crippen molar-refractivity contribution < 1.29 is 13.2 Å². The number of nitriles is 1. The molecule has 5 nitrogen and oxygen atoms in total. The molecule has 1 N–H and O–H groups in total. The molecule has 0 saturated heterocycles. The number of alkyl halides is 3. The molecule has 0 fully saturated rings. The lowest BCUT2D eigenvalue weighted by Crippen LogP contribution is -2.05. The van der Waals surface area contributed by atoms with E-state index in [1.165, 1.54) is 17.4 Å². The summed E-state index contributed by atoms with van der Waals surface area (Å²) in [6.45, 7) is 0. The number of nitrogens with zero attached hydrogens (tertiary/aromatic N) is 4. The van der Waals surface area contributed by atoms with Crippen LogP contribution in [0.2, 0.25) is 0 Å². The van der Waals surface area contributed by atoms with Gasteiger partial charge in [-0.25, -0.2) is 0 Å². The molecule has 0 saturated carbocycles. The number of nitrogens with one attached hydrogen (secondary N) is 1. The van der Waals surface area contributed by atoms with E-state index >= 15 is 0 Å². The molecular formula is C13H6F3N5S. The van der Waals surface area contributed by atoms with Crippen molar-refractivity contribution in [2.24, 2.45) is 0 Å². The molecule has 0 amide bonds. The zero-order valence-electron chi connectivity index (χ0n) is 10.7. The summed E-state index contributed by atoms with van der Waals surface area (Å²) in [5.41, 5.74) is 0.840. The van der Waals surface area contributed by atoms with Crippen molar-refractivity contribution in [1.82, 2.24) is 20.4 Å². The van der Waals surface area contributed by atoms with Gasteiger partial charge in [-0.15, -0.1) is 16.4 Å². The van der Waals surface area contributed by atoms with E-state index in [2.05, 4.69) is 20.4 Å². The lowest BCUT2D eigenvalue weighted by atomic mass is 10.1. The highest BCUT2D eigenvalue weighted by Gasteiger charge is 2.30. The molecule has 3 aromatic rings. The molecule has 0 unspecified atom stereocenters. The standard InChI is InChI=1S/C13H6F3N5S/c14-13(15,16)8-1-2-9(18-5-8)7-3-11(22-6-7)12-10(4-17)19-21-20-12/h1-3,5-6H,(H,19,20,21). The number of pyridine rings is 1. The molecule has 0 aromatic carbocycles. The minimum Gasteiger partial charge on any atom is -0.256 e. The molecule has 110 valence electrons. The first-order valence-electron chi connectivity index (χ1n) is 5.92. The maximum atomic E-state index is 12.5. The van der Waals surface area contributed by atoms with Gasteiger partial charge in [0.2, 0.25) is 0 Å². The van der Waals surface area contributed by atoms with E-state index in [0.717, 1.165) is 12.3 Å². The minimum absolute atomic E-state index is 0.161. The highest BCUT2D eigenvalue weighted by Crippen LogP contribution is 2.33. The Morgan fingerprint density at radius 3 is 2.68 bits per heavy atom. The SMILES string of the molecule is N#Cc1n[nH]nc1-c1cc(-c2ccc(C(F)(F)F)cn2)cs1. The second kappa shape index (κ2) is 5.23. The van der Waals surface area contributed by atoms with Gasteiger partial charge >= 0.3 is 6.18 Å². The zero-order valence-corrected chi connectivity index (χ0v) is 11.5. The minimum atomic E-state index is -4.41. The fourth-order valence-corrected chi connectivity index (χ4v) is 2.70. The Morgan fingerprint density at radius 1 is 1.23 bits per heavy atom. The summed E-state index contributed by atoms with van der Waals surface area (Å²) >= 11 is 1.31. The van der Waals surface area contributed by atoms with Gasteiger partial charge < -0.3 is 0 Å². The first kappa shape index (κ1) is 14.2. The van der Waals surface area contributed by atoms with Gasteiger partial charge in [0.15, 0.2) is 5.69 Å². The second-order valence-corrected chi connectivity index (χ2v) is 5.17. The summed E-state index contributed by atoms with van der Waals surface area (Å²) in [6.07, 6.45) is -3.61. The highest BCUT2D eigenvalue weighted by molar-refractivity contribution is 7.14. The van der Waals surface area contributed by atoms with E-state index < -0.39 is 11.7 Å². The first-order valence-corrected chi connectivity index (χ1v) is 6.80. The molecule has 9 heteroatoms. The largest absolute Gasteiger partial charge is 0.417 e. The Kier molecular flexibility index (Phi) is 3.38. The Labute approximate surface area is 126 Å². The second-order valence-electron chi connectivity index (χ2n) is 4.26. The number of H-pyrrole nitrogens is 1. The van der Waals surface area contributed by atoms with Crippen LogP contribution >= 0.6 is 11.3 Å². The van der Waals surface area contributed by atoms with Gasteiger partial charge in [-0.2, -0.15) is 28.7 Å². The van der Waals surface area contributed by atoms with Crippen LogP contribution in [0.5, 0.6) is 0 Å². The molecule has 0 radical (unpaired) electrons. The molecule has 3 heterocycles. The number of rotatable bonds is 2. The fraction of sp³-hybridized carbons (Fsp3) is 0.0769. The van der Waals surface area contributed by atoms with Crippen molar-refractivity contribution in [3.63, 3.8) is 0 Å². The lowest BCUT2D eigenvalue weighted by molar-refractivity contribution is -0.137. The van der Waals surface area contributed by atoms with E-state index in [4.69, 9.17) is 5.26 Å². The van der Waals surface area contributed by atoms with Crippen molar-refractivity contribution in [3.05, 3.63) is 41.0 Å². The van der Waals surface area contributed by atoms with Crippen LogP contribution in [-0.2, 0) is 6.18 Å². The normalized spacial score (nSPS) is 11.4. The van der Waals surface area contributed by atoms with Crippen molar-refractivity contribution in [3.8, 4) is 27.9 Å². The highest BCUT2D eigenvalue weighted by atomic mass is 32.1. The van der Waals surface area contributed by atoms with Gasteiger partial charge in [0.1, 0.15) is 11.8 Å². The third kappa shape index (κ3) is 2.56. The van der Waals surface area contributed by atoms with E-state index in [-0.39, 0.29) is 5.69 Å². The molecule has 3 rings (SSSR count). The predicted octanol–water partition coefficient (Wildman–Crippen LogP) is 3.49. The van der Waals surface area contributed by atoms with E-state index in [1.54, 1.807) is 11.4 Å². The predicted molar refractivity (Wildman–Crippen MR) is 72.6 cm³/mol. The lowest BCUT2D eigenvalue weighted by Gasteiger charge is -2.05. The first-order chi connectivity index (χ1) is 10.5. The van der Waals surface area contributed by atoms with Gasteiger partial charge in [0.05, 0.1) is 16.1 Å². The topological polar surface area (TPSA) is 78.2 Å². The molecule has 0 aliphatic carbocycles. The number of aromatic nitrogens is 4. The molecule has 22 heavy (non-hydrogen) atoms. The Bertz CT molecular complexity index is 842. The Balaban J connectivity index is 1.93. The Hall–Kier alpha value is -2.73. The van der Waals surface area contributed by atoms with Gasteiger partial charge in [-0.1, -0.05) is 0 Å². The van der Waals surface area contributed by atoms with Gasteiger partial charge in [-0.05, 0) is 18.2 Å². The number of hydrogen-bond donors (Lipinski definition) is 1. The van der Waals surface area contributed by atoms with Crippen molar-refractivity contribution in [2.45, 2.75) is 6.18 Å². The van der Waals surface area contributed by atoms with Gasteiger partial charge in [0.25, 0.3) is 0 Å². The van der Waals surface area contributed by atoms with Crippen LogP contribution in [0.15, 0.2) is 29.8 Å². The average molecular weight is 321 g/mol. The van der Waals surface area contributed by atoms with E-state index in [0.29, 0.717) is 21.8 Å². The third-order valence-corrected chi connectivity index (χ3v) is 3.81. The number of hydrogen-bond acceptors (Lipinski definition) is 5. The summed E-state index contributed by atoms with van der Waals surface area (Å²) in [5, 5.41) is 20.6. The Morgan fingerprint density at radius 2 is 2.05 bits per heavy atom. The van der Waals surface area contributed by atoms with Crippen LogP contribution in [0.4, 0.5) is 13.2 Å². The molecule has 0 aliphatic rings. The molecule has 0 atom stereocenters. The zero-order chi connectivity index (χ0) is 15.7. The number of halogens is 3. The smallest absolute Gasteiger partial charge is 0.256 e. The maximum Gasteiger partial charge on any atom is 0.417 e. The summed E-state index contributed by atoms with van der Waals surface area (Å²) in [7, 11) is 0. The quantitative estimate of drug-likeness (QED) is 0.783. The van der Waals surface area contributed by atoms with Crippen LogP contribution in [0.1, 0.15) is 11.3 Å².